The Morgan fingerprint density at radius 1 is 0.767 bits per heavy atom. The predicted octanol–water partition coefficient (Wildman–Crippen LogP) is 11.3. The van der Waals surface area contributed by atoms with Crippen molar-refractivity contribution in [2.45, 2.75) is 54.1 Å². The van der Waals surface area contributed by atoms with Crippen molar-refractivity contribution >= 4 is 60.8 Å². The molecular weight excluding hydrogens is 587 g/mol. The van der Waals surface area contributed by atoms with Gasteiger partial charge in [0.25, 0.3) is 0 Å². The highest BCUT2D eigenvalue weighted by molar-refractivity contribution is 7.17. The van der Waals surface area contributed by atoms with Crippen LogP contribution < -0.4 is 0 Å². The number of esters is 1. The fourth-order valence-electron chi connectivity index (χ4n) is 4.54. The summed E-state index contributed by atoms with van der Waals surface area (Å²) in [5.74, 6) is -0.184. The minimum atomic E-state index is -0.184. The second kappa shape index (κ2) is 19.1. The number of fused-ring (bicyclic) bond motifs is 3. The molecule has 0 fully saturated rings. The van der Waals surface area contributed by atoms with E-state index in [1.807, 2.05) is 46.1 Å². The van der Waals surface area contributed by atoms with E-state index in [4.69, 9.17) is 4.74 Å². The molecule has 0 atom stereocenters. The number of ether oxygens (including phenoxy) is 1. The molecule has 43 heavy (non-hydrogen) atoms. The lowest BCUT2D eigenvalue weighted by atomic mass is 10.0. The number of benzene rings is 3. The van der Waals surface area contributed by atoms with Gasteiger partial charge < -0.3 is 4.74 Å². The van der Waals surface area contributed by atoms with Crippen molar-refractivity contribution in [2.75, 3.05) is 13.2 Å². The molecule has 1 aliphatic rings. The van der Waals surface area contributed by atoms with Gasteiger partial charge in [-0.05, 0) is 68.9 Å². The third-order valence-corrected chi connectivity index (χ3v) is 9.28. The van der Waals surface area contributed by atoms with Gasteiger partial charge in [0.2, 0.25) is 0 Å². The summed E-state index contributed by atoms with van der Waals surface area (Å²) in [5, 5.41) is 12.4. The Hall–Kier alpha value is -3.29. The lowest BCUT2D eigenvalue weighted by Gasteiger charge is -2.27. The quantitative estimate of drug-likeness (QED) is 0.182. The molecule has 0 spiro atoms. The molecule has 226 valence electrons. The van der Waals surface area contributed by atoms with Gasteiger partial charge in [0.05, 0.1) is 12.2 Å². The standard InChI is InChI=1S/C17H19NO2S.2C8H6S.2C2H6/c1-2-20-17(19)15-12-21-16-8-9-18(11-14(15)16)10-13-6-4-3-5-7-13;1-2-4-8-6-9-5-7(8)3-1;1-2-4-8-7(3-1)5-6-9-8;2*1-2/h3-7,12H,2,8-11H2,1H3;2*1-6H;2*1-2H3. The van der Waals surface area contributed by atoms with Gasteiger partial charge in [0.1, 0.15) is 0 Å². The van der Waals surface area contributed by atoms with Crippen LogP contribution in [0, 0.1) is 0 Å². The van der Waals surface area contributed by atoms with Gasteiger partial charge in [0, 0.05) is 34.6 Å². The van der Waals surface area contributed by atoms with Crippen molar-refractivity contribution < 1.29 is 9.53 Å². The molecule has 0 saturated carbocycles. The summed E-state index contributed by atoms with van der Waals surface area (Å²) in [6.07, 6.45) is 1.02. The van der Waals surface area contributed by atoms with Crippen molar-refractivity contribution in [3.63, 3.8) is 0 Å². The van der Waals surface area contributed by atoms with Gasteiger partial charge in [-0.2, -0.15) is 11.3 Å². The van der Waals surface area contributed by atoms with Crippen LogP contribution in [0.5, 0.6) is 0 Å². The molecule has 7 rings (SSSR count). The van der Waals surface area contributed by atoms with E-state index in [9.17, 15) is 4.79 Å². The minimum absolute atomic E-state index is 0.184. The van der Waals surface area contributed by atoms with Crippen LogP contribution in [-0.4, -0.2) is 24.0 Å². The zero-order chi connectivity index (χ0) is 30.9. The Bertz CT molecular complexity index is 1490. The first-order valence-corrected chi connectivity index (χ1v) is 17.8. The molecular formula is C37H43NO2S3. The van der Waals surface area contributed by atoms with Crippen molar-refractivity contribution in [1.82, 2.24) is 4.90 Å². The van der Waals surface area contributed by atoms with Crippen LogP contribution in [0.1, 0.15) is 61.0 Å². The normalized spacial score (nSPS) is 11.7. The van der Waals surface area contributed by atoms with Crippen LogP contribution in [0.3, 0.4) is 0 Å². The molecule has 0 unspecified atom stereocenters. The first kappa shape index (κ1) is 34.2. The SMILES string of the molecule is CC.CC.CCOC(=O)c1csc2c1CN(Cc1ccccc1)CC2.c1ccc2cscc2c1.c1ccc2sccc2c1. The molecule has 0 aliphatic carbocycles. The summed E-state index contributed by atoms with van der Waals surface area (Å²) in [6, 6.07) is 29.4. The maximum Gasteiger partial charge on any atom is 0.339 e. The van der Waals surface area contributed by atoms with Gasteiger partial charge >= 0.3 is 5.97 Å². The van der Waals surface area contributed by atoms with Crippen molar-refractivity contribution in [3.8, 4) is 0 Å². The van der Waals surface area contributed by atoms with Crippen molar-refractivity contribution in [1.29, 1.82) is 0 Å². The molecule has 0 N–H and O–H groups in total. The van der Waals surface area contributed by atoms with Gasteiger partial charge in [-0.1, -0.05) is 100 Å². The lowest BCUT2D eigenvalue weighted by Crippen LogP contribution is -2.30. The summed E-state index contributed by atoms with van der Waals surface area (Å²) < 4.78 is 6.53. The highest BCUT2D eigenvalue weighted by Gasteiger charge is 2.24. The second-order valence-corrected chi connectivity index (χ2v) is 11.8. The molecule has 1 aliphatic heterocycles. The highest BCUT2D eigenvalue weighted by atomic mass is 32.1. The number of thiophene rings is 3. The van der Waals surface area contributed by atoms with E-state index in [-0.39, 0.29) is 5.97 Å². The van der Waals surface area contributed by atoms with Crippen LogP contribution >= 0.6 is 34.0 Å². The summed E-state index contributed by atoms with van der Waals surface area (Å²) in [4.78, 5) is 15.7. The fraction of sp³-hybridized carbons (Fsp3) is 0.270. The first-order chi connectivity index (χ1) is 21.2. The molecule has 3 aromatic carbocycles. The van der Waals surface area contributed by atoms with E-state index in [0.717, 1.165) is 31.6 Å². The molecule has 0 amide bonds. The molecule has 4 heterocycles. The molecule has 6 heteroatoms. The molecule has 3 aromatic heterocycles. The molecule has 0 bridgehead atoms. The number of nitrogens with zero attached hydrogens (tertiary/aromatic N) is 1. The predicted molar refractivity (Wildman–Crippen MR) is 191 cm³/mol. The third kappa shape index (κ3) is 10.1. The van der Waals surface area contributed by atoms with Gasteiger partial charge in [-0.25, -0.2) is 4.79 Å². The minimum Gasteiger partial charge on any atom is -0.462 e. The number of carbonyl (C=O) groups is 1. The molecule has 3 nitrogen and oxygen atoms in total. The smallest absolute Gasteiger partial charge is 0.339 e. The van der Waals surface area contributed by atoms with E-state index in [0.29, 0.717) is 6.61 Å². The van der Waals surface area contributed by atoms with E-state index in [1.165, 1.54) is 36.9 Å². The third-order valence-electron chi connectivity index (χ3n) is 6.51. The Kier molecular flexibility index (Phi) is 15.2. The summed E-state index contributed by atoms with van der Waals surface area (Å²) in [6.45, 7) is 13.1. The zero-order valence-corrected chi connectivity index (χ0v) is 28.4. The molecule has 0 saturated heterocycles. The average molecular weight is 630 g/mol. The average Bonchev–Trinajstić information content (AvgIpc) is 3.84. The summed E-state index contributed by atoms with van der Waals surface area (Å²) >= 11 is 5.23. The number of hydrogen-bond acceptors (Lipinski definition) is 6. The highest BCUT2D eigenvalue weighted by Crippen LogP contribution is 2.30. The Labute approximate surface area is 269 Å². The van der Waals surface area contributed by atoms with Crippen LogP contribution in [0.25, 0.3) is 20.9 Å². The van der Waals surface area contributed by atoms with E-state index < -0.39 is 0 Å². The Balaban J connectivity index is 0.000000189. The molecule has 0 radical (unpaired) electrons. The van der Waals surface area contributed by atoms with Gasteiger partial charge in [-0.3, -0.25) is 4.90 Å². The zero-order valence-electron chi connectivity index (χ0n) is 25.9. The Morgan fingerprint density at radius 3 is 2.05 bits per heavy atom. The fourth-order valence-corrected chi connectivity index (χ4v) is 7.14. The second-order valence-electron chi connectivity index (χ2n) is 9.18. The monoisotopic (exact) mass is 629 g/mol. The summed E-state index contributed by atoms with van der Waals surface area (Å²) in [5.41, 5.74) is 3.24. The maximum atomic E-state index is 12.0. The topological polar surface area (TPSA) is 29.5 Å². The summed E-state index contributed by atoms with van der Waals surface area (Å²) in [7, 11) is 0. The first-order valence-electron chi connectivity index (χ1n) is 15.1. The number of carbonyl (C=O) groups excluding carboxylic acids is 1. The van der Waals surface area contributed by atoms with E-state index in [1.54, 1.807) is 34.0 Å². The molecule has 6 aromatic rings. The largest absolute Gasteiger partial charge is 0.462 e. The Morgan fingerprint density at radius 2 is 1.40 bits per heavy atom. The van der Waals surface area contributed by atoms with Crippen LogP contribution in [0.4, 0.5) is 0 Å². The van der Waals surface area contributed by atoms with Crippen LogP contribution in [0.2, 0.25) is 0 Å². The van der Waals surface area contributed by atoms with Gasteiger partial charge in [0.15, 0.2) is 0 Å². The van der Waals surface area contributed by atoms with Crippen molar-refractivity contribution in [2.24, 2.45) is 0 Å². The van der Waals surface area contributed by atoms with E-state index >= 15 is 0 Å². The maximum absolute atomic E-state index is 12.0. The van der Waals surface area contributed by atoms with Crippen LogP contribution in [0.15, 0.2) is 106 Å². The van der Waals surface area contributed by atoms with Crippen LogP contribution in [-0.2, 0) is 24.2 Å². The van der Waals surface area contributed by atoms with Gasteiger partial charge in [-0.15, -0.1) is 22.7 Å². The van der Waals surface area contributed by atoms with Crippen molar-refractivity contribution in [3.05, 3.63) is 128 Å². The van der Waals surface area contributed by atoms with E-state index in [2.05, 4.69) is 99.9 Å². The number of rotatable bonds is 4. The number of hydrogen-bond donors (Lipinski definition) is 0. The lowest BCUT2D eigenvalue weighted by molar-refractivity contribution is 0.0524.